The molecule has 0 aliphatic carbocycles. The first kappa shape index (κ1) is 15.2. The maximum Gasteiger partial charge on any atom is 0.340 e. The molecule has 0 atom stereocenters. The molecule has 0 spiro atoms. The molecule has 3 aromatic heterocycles. The number of hydrogen-bond acceptors (Lipinski definition) is 6. The summed E-state index contributed by atoms with van der Waals surface area (Å²) in [7, 11) is 1.75. The van der Waals surface area contributed by atoms with Crippen LogP contribution < -0.4 is 0 Å². The van der Waals surface area contributed by atoms with Gasteiger partial charge in [-0.05, 0) is 25.1 Å². The number of rotatable bonds is 3. The first-order valence-electron chi connectivity index (χ1n) is 7.79. The van der Waals surface area contributed by atoms with Gasteiger partial charge in [0.05, 0.1) is 11.1 Å². The quantitative estimate of drug-likeness (QED) is 0.536. The maximum absolute atomic E-state index is 12.4. The Morgan fingerprint density at radius 3 is 2.92 bits per heavy atom. The monoisotopic (exact) mass is 333 g/mol. The van der Waals surface area contributed by atoms with E-state index in [9.17, 15) is 4.79 Å². The highest BCUT2D eigenvalue weighted by atomic mass is 16.5. The lowest BCUT2D eigenvalue weighted by atomic mass is 10.1. The Morgan fingerprint density at radius 1 is 1.20 bits per heavy atom. The number of fused-ring (bicyclic) bond motifs is 2. The predicted molar refractivity (Wildman–Crippen MR) is 91.9 cm³/mol. The summed E-state index contributed by atoms with van der Waals surface area (Å²) in [6, 6.07) is 11.4. The van der Waals surface area contributed by atoms with Gasteiger partial charge < -0.3 is 4.74 Å². The van der Waals surface area contributed by atoms with E-state index >= 15 is 0 Å². The maximum atomic E-state index is 12.4. The number of aryl methyl sites for hydroxylation is 2. The summed E-state index contributed by atoms with van der Waals surface area (Å²) in [5.74, 6) is -0.446. The van der Waals surface area contributed by atoms with Crippen molar-refractivity contribution >= 4 is 28.0 Å². The van der Waals surface area contributed by atoms with Crippen LogP contribution in [0, 0.1) is 6.92 Å². The number of aromatic nitrogens is 5. The number of pyridine rings is 2. The number of benzene rings is 1. The van der Waals surface area contributed by atoms with Crippen molar-refractivity contribution < 1.29 is 9.53 Å². The van der Waals surface area contributed by atoms with Crippen molar-refractivity contribution in [2.75, 3.05) is 0 Å². The Morgan fingerprint density at radius 2 is 2.04 bits per heavy atom. The number of carbonyl (C=O) groups excluding carboxylic acids is 1. The molecule has 0 aliphatic heterocycles. The number of para-hydroxylation sites is 1. The van der Waals surface area contributed by atoms with E-state index in [1.807, 2.05) is 37.3 Å². The summed E-state index contributed by atoms with van der Waals surface area (Å²) in [6.45, 7) is 2.09. The summed E-state index contributed by atoms with van der Waals surface area (Å²) in [6.07, 6.45) is 1.48. The van der Waals surface area contributed by atoms with Crippen LogP contribution in [-0.2, 0) is 18.4 Å². The largest absolute Gasteiger partial charge is 0.457 e. The van der Waals surface area contributed by atoms with Gasteiger partial charge in [0.15, 0.2) is 5.65 Å². The Balaban J connectivity index is 1.59. The molecule has 0 saturated carbocycles. The van der Waals surface area contributed by atoms with Gasteiger partial charge in [-0.25, -0.2) is 14.5 Å². The molecular weight excluding hydrogens is 318 g/mol. The van der Waals surface area contributed by atoms with E-state index in [4.69, 9.17) is 4.74 Å². The summed E-state index contributed by atoms with van der Waals surface area (Å²) >= 11 is 0. The Hall–Kier alpha value is -3.35. The molecule has 0 radical (unpaired) electrons. The predicted octanol–water partition coefficient (Wildman–Crippen LogP) is 2.58. The van der Waals surface area contributed by atoms with Crippen LogP contribution in [0.4, 0.5) is 0 Å². The molecule has 0 aliphatic rings. The molecule has 7 heteroatoms. The average molecular weight is 333 g/mol. The van der Waals surface area contributed by atoms with E-state index in [1.54, 1.807) is 17.8 Å². The highest BCUT2D eigenvalue weighted by Crippen LogP contribution is 2.19. The third-order valence-electron chi connectivity index (χ3n) is 3.96. The smallest absolute Gasteiger partial charge is 0.340 e. The molecule has 0 unspecified atom stereocenters. The molecule has 7 nitrogen and oxygen atoms in total. The van der Waals surface area contributed by atoms with Gasteiger partial charge in [-0.3, -0.25) is 4.98 Å². The van der Waals surface area contributed by atoms with Crippen LogP contribution in [0.3, 0.4) is 0 Å². The molecule has 3 heterocycles. The van der Waals surface area contributed by atoms with Crippen LogP contribution in [0.25, 0.3) is 22.1 Å². The minimum absolute atomic E-state index is 0.168. The first-order chi connectivity index (χ1) is 12.1. The third-order valence-corrected chi connectivity index (χ3v) is 3.96. The molecule has 0 amide bonds. The molecule has 124 valence electrons. The van der Waals surface area contributed by atoms with Gasteiger partial charge in [-0.1, -0.05) is 23.4 Å². The van der Waals surface area contributed by atoms with Crippen LogP contribution in [0.5, 0.6) is 0 Å². The van der Waals surface area contributed by atoms with Crippen LogP contribution in [-0.4, -0.2) is 30.9 Å². The number of hydrogen-bond donors (Lipinski definition) is 0. The van der Waals surface area contributed by atoms with Crippen molar-refractivity contribution in [2.24, 2.45) is 7.05 Å². The summed E-state index contributed by atoms with van der Waals surface area (Å²) in [5, 5.41) is 8.82. The highest BCUT2D eigenvalue weighted by Gasteiger charge is 2.13. The van der Waals surface area contributed by atoms with E-state index in [2.05, 4.69) is 20.3 Å². The molecule has 0 saturated heterocycles. The van der Waals surface area contributed by atoms with Gasteiger partial charge in [-0.2, -0.15) is 0 Å². The zero-order valence-electron chi connectivity index (χ0n) is 13.8. The lowest BCUT2D eigenvalue weighted by Crippen LogP contribution is -2.07. The lowest BCUT2D eigenvalue weighted by Gasteiger charge is -2.09. The van der Waals surface area contributed by atoms with E-state index in [1.165, 1.54) is 6.20 Å². The summed E-state index contributed by atoms with van der Waals surface area (Å²) in [4.78, 5) is 21.1. The number of carbonyl (C=O) groups is 1. The fourth-order valence-electron chi connectivity index (χ4n) is 2.78. The van der Waals surface area contributed by atoms with Crippen molar-refractivity contribution in [3.63, 3.8) is 0 Å². The minimum atomic E-state index is -0.446. The SMILES string of the molecule is Cc1cc(COC(=O)c2cnc3c(c2)nnn3C)c2ccccc2n1. The topological polar surface area (TPSA) is 82.8 Å². The molecule has 1 aromatic carbocycles. The van der Waals surface area contributed by atoms with Crippen molar-refractivity contribution in [1.29, 1.82) is 0 Å². The average Bonchev–Trinajstić information content (AvgIpc) is 2.99. The zero-order chi connectivity index (χ0) is 17.4. The van der Waals surface area contributed by atoms with Gasteiger partial charge in [0, 0.05) is 29.9 Å². The van der Waals surface area contributed by atoms with Crippen LogP contribution in [0.1, 0.15) is 21.6 Å². The fourth-order valence-corrected chi connectivity index (χ4v) is 2.78. The van der Waals surface area contributed by atoms with Gasteiger partial charge in [-0.15, -0.1) is 5.10 Å². The van der Waals surface area contributed by atoms with E-state index in [0.717, 1.165) is 22.2 Å². The van der Waals surface area contributed by atoms with Gasteiger partial charge in [0.2, 0.25) is 0 Å². The highest BCUT2D eigenvalue weighted by molar-refractivity contribution is 5.92. The van der Waals surface area contributed by atoms with E-state index in [0.29, 0.717) is 16.7 Å². The third kappa shape index (κ3) is 2.80. The first-order valence-corrected chi connectivity index (χ1v) is 7.79. The number of esters is 1. The Kier molecular flexibility index (Phi) is 3.61. The molecule has 0 N–H and O–H groups in total. The van der Waals surface area contributed by atoms with Crippen molar-refractivity contribution in [2.45, 2.75) is 13.5 Å². The Labute approximate surface area is 143 Å². The number of ether oxygens (including phenoxy) is 1. The molecule has 0 bridgehead atoms. The van der Waals surface area contributed by atoms with E-state index in [-0.39, 0.29) is 6.61 Å². The van der Waals surface area contributed by atoms with Crippen LogP contribution in [0.2, 0.25) is 0 Å². The standard InChI is InChI=1S/C18H15N5O2/c1-11-7-13(14-5-3-4-6-15(14)20-11)10-25-18(24)12-8-16-17(19-9-12)23(2)22-21-16/h3-9H,10H2,1-2H3. The molecule has 25 heavy (non-hydrogen) atoms. The molecular formula is C18H15N5O2. The fraction of sp³-hybridized carbons (Fsp3) is 0.167. The van der Waals surface area contributed by atoms with Gasteiger partial charge in [0.1, 0.15) is 12.1 Å². The van der Waals surface area contributed by atoms with Gasteiger partial charge >= 0.3 is 5.97 Å². The second-order valence-electron chi connectivity index (χ2n) is 5.80. The molecule has 0 fully saturated rings. The normalized spacial score (nSPS) is 11.1. The lowest BCUT2D eigenvalue weighted by molar-refractivity contribution is 0.0474. The minimum Gasteiger partial charge on any atom is -0.457 e. The second kappa shape index (κ2) is 5.94. The molecule has 4 rings (SSSR count). The van der Waals surface area contributed by atoms with Crippen molar-refractivity contribution in [1.82, 2.24) is 25.0 Å². The Bertz CT molecular complexity index is 1100. The van der Waals surface area contributed by atoms with Crippen molar-refractivity contribution in [3.05, 3.63) is 59.4 Å². The summed E-state index contributed by atoms with van der Waals surface area (Å²) < 4.78 is 7.02. The van der Waals surface area contributed by atoms with Crippen LogP contribution in [0.15, 0.2) is 42.6 Å². The number of nitrogens with zero attached hydrogens (tertiary/aromatic N) is 5. The van der Waals surface area contributed by atoms with Crippen molar-refractivity contribution in [3.8, 4) is 0 Å². The zero-order valence-corrected chi connectivity index (χ0v) is 13.8. The van der Waals surface area contributed by atoms with Gasteiger partial charge in [0.25, 0.3) is 0 Å². The molecule has 4 aromatic rings. The summed E-state index contributed by atoms with van der Waals surface area (Å²) in [5.41, 5.74) is 4.21. The van der Waals surface area contributed by atoms with Crippen LogP contribution >= 0.6 is 0 Å². The van der Waals surface area contributed by atoms with E-state index < -0.39 is 5.97 Å². The second-order valence-corrected chi connectivity index (χ2v) is 5.80.